The molecule has 0 radical (unpaired) electrons. The SMILES string of the molecule is OCC(c1cccc(F)c1)c1c[nH]c2ccccc12. The van der Waals surface area contributed by atoms with Gasteiger partial charge in [0.15, 0.2) is 0 Å². The predicted molar refractivity (Wildman–Crippen MR) is 73.6 cm³/mol. The summed E-state index contributed by atoms with van der Waals surface area (Å²) in [5.41, 5.74) is 2.79. The number of fused-ring (bicyclic) bond motifs is 1. The van der Waals surface area contributed by atoms with E-state index >= 15 is 0 Å². The maximum Gasteiger partial charge on any atom is 0.123 e. The van der Waals surface area contributed by atoms with Gasteiger partial charge >= 0.3 is 0 Å². The Morgan fingerprint density at radius 3 is 2.74 bits per heavy atom. The number of hydrogen-bond acceptors (Lipinski definition) is 1. The summed E-state index contributed by atoms with van der Waals surface area (Å²) in [6, 6.07) is 14.3. The first-order chi connectivity index (χ1) is 9.29. The van der Waals surface area contributed by atoms with Crippen molar-refractivity contribution in [2.24, 2.45) is 0 Å². The van der Waals surface area contributed by atoms with E-state index in [9.17, 15) is 9.50 Å². The van der Waals surface area contributed by atoms with E-state index in [1.165, 1.54) is 12.1 Å². The second-order valence-corrected chi connectivity index (χ2v) is 4.58. The number of para-hydroxylation sites is 1. The summed E-state index contributed by atoms with van der Waals surface area (Å²) in [5, 5.41) is 10.7. The van der Waals surface area contributed by atoms with Crippen molar-refractivity contribution in [3.8, 4) is 0 Å². The van der Waals surface area contributed by atoms with Crippen LogP contribution < -0.4 is 0 Å². The molecule has 0 aliphatic carbocycles. The topological polar surface area (TPSA) is 36.0 Å². The van der Waals surface area contributed by atoms with Crippen LogP contribution in [0.5, 0.6) is 0 Å². The summed E-state index contributed by atoms with van der Waals surface area (Å²) in [6.45, 7) is -0.0503. The smallest absolute Gasteiger partial charge is 0.123 e. The Morgan fingerprint density at radius 2 is 1.95 bits per heavy atom. The Kier molecular flexibility index (Phi) is 3.05. The highest BCUT2D eigenvalue weighted by atomic mass is 19.1. The van der Waals surface area contributed by atoms with Crippen molar-refractivity contribution >= 4 is 10.9 Å². The van der Waals surface area contributed by atoms with Crippen molar-refractivity contribution in [3.05, 3.63) is 71.7 Å². The summed E-state index contributed by atoms with van der Waals surface area (Å²) in [5.74, 6) is -0.498. The zero-order chi connectivity index (χ0) is 13.2. The number of aliphatic hydroxyl groups is 1. The first-order valence-electron chi connectivity index (χ1n) is 6.22. The molecule has 2 aromatic carbocycles. The highest BCUT2D eigenvalue weighted by Gasteiger charge is 2.17. The van der Waals surface area contributed by atoms with Gasteiger partial charge in [0.2, 0.25) is 0 Å². The van der Waals surface area contributed by atoms with E-state index < -0.39 is 0 Å². The van der Waals surface area contributed by atoms with Crippen LogP contribution in [0.3, 0.4) is 0 Å². The number of rotatable bonds is 3. The Balaban J connectivity index is 2.12. The molecule has 3 rings (SSSR count). The van der Waals surface area contributed by atoms with Gasteiger partial charge in [-0.2, -0.15) is 0 Å². The van der Waals surface area contributed by atoms with Crippen molar-refractivity contribution in [1.29, 1.82) is 0 Å². The molecular weight excluding hydrogens is 241 g/mol. The van der Waals surface area contributed by atoms with E-state index in [-0.39, 0.29) is 18.3 Å². The molecule has 0 amide bonds. The maximum absolute atomic E-state index is 13.3. The molecule has 0 aliphatic rings. The third kappa shape index (κ3) is 2.13. The lowest BCUT2D eigenvalue weighted by atomic mass is 9.92. The Morgan fingerprint density at radius 1 is 1.11 bits per heavy atom. The number of aliphatic hydroxyl groups excluding tert-OH is 1. The van der Waals surface area contributed by atoms with Crippen LogP contribution in [0.2, 0.25) is 0 Å². The Bertz CT molecular complexity index is 705. The zero-order valence-electron chi connectivity index (χ0n) is 10.3. The van der Waals surface area contributed by atoms with Gasteiger partial charge in [0.25, 0.3) is 0 Å². The summed E-state index contributed by atoms with van der Waals surface area (Å²) < 4.78 is 13.3. The third-order valence-corrected chi connectivity index (χ3v) is 3.43. The molecule has 0 bridgehead atoms. The van der Waals surface area contributed by atoms with Crippen molar-refractivity contribution in [2.75, 3.05) is 6.61 Å². The molecule has 2 N–H and O–H groups in total. The van der Waals surface area contributed by atoms with Gasteiger partial charge in [-0.1, -0.05) is 30.3 Å². The number of halogens is 1. The van der Waals surface area contributed by atoms with E-state index in [0.29, 0.717) is 0 Å². The number of H-pyrrole nitrogens is 1. The van der Waals surface area contributed by atoms with Crippen molar-refractivity contribution in [1.82, 2.24) is 4.98 Å². The third-order valence-electron chi connectivity index (χ3n) is 3.43. The zero-order valence-corrected chi connectivity index (χ0v) is 10.3. The number of nitrogens with one attached hydrogen (secondary N) is 1. The molecule has 1 atom stereocenters. The molecule has 1 heterocycles. The molecule has 0 aliphatic heterocycles. The first kappa shape index (κ1) is 11.9. The van der Waals surface area contributed by atoms with E-state index in [0.717, 1.165) is 22.0 Å². The molecule has 0 fully saturated rings. The van der Waals surface area contributed by atoms with Gasteiger partial charge in [0, 0.05) is 23.0 Å². The van der Waals surface area contributed by atoms with Crippen LogP contribution in [-0.4, -0.2) is 16.7 Å². The fourth-order valence-corrected chi connectivity index (χ4v) is 2.49. The lowest BCUT2D eigenvalue weighted by Gasteiger charge is -2.14. The Hall–Kier alpha value is -2.13. The standard InChI is InChI=1S/C16H14FNO/c17-12-5-3-4-11(8-12)15(10-19)14-9-18-16-7-2-1-6-13(14)16/h1-9,15,18-19H,10H2. The average molecular weight is 255 g/mol. The fourth-order valence-electron chi connectivity index (χ4n) is 2.49. The van der Waals surface area contributed by atoms with Gasteiger partial charge in [-0.15, -0.1) is 0 Å². The van der Waals surface area contributed by atoms with Crippen molar-refractivity contribution in [2.45, 2.75) is 5.92 Å². The van der Waals surface area contributed by atoms with Crippen molar-refractivity contribution in [3.63, 3.8) is 0 Å². The molecule has 96 valence electrons. The van der Waals surface area contributed by atoms with E-state index in [2.05, 4.69) is 4.98 Å². The van der Waals surface area contributed by atoms with Gasteiger partial charge < -0.3 is 10.1 Å². The van der Waals surface area contributed by atoms with E-state index in [4.69, 9.17) is 0 Å². The predicted octanol–water partition coefficient (Wildman–Crippen LogP) is 3.43. The van der Waals surface area contributed by atoms with E-state index in [1.54, 1.807) is 6.07 Å². The van der Waals surface area contributed by atoms with Crippen LogP contribution in [0.25, 0.3) is 10.9 Å². The number of aromatic nitrogens is 1. The largest absolute Gasteiger partial charge is 0.395 e. The van der Waals surface area contributed by atoms with Gasteiger partial charge in [-0.05, 0) is 29.3 Å². The minimum absolute atomic E-state index is 0.0503. The van der Waals surface area contributed by atoms with Crippen molar-refractivity contribution < 1.29 is 9.50 Å². The first-order valence-corrected chi connectivity index (χ1v) is 6.22. The summed E-state index contributed by atoms with van der Waals surface area (Å²) in [7, 11) is 0. The van der Waals surface area contributed by atoms with Gasteiger partial charge in [-0.25, -0.2) is 4.39 Å². The Labute approximate surface area is 110 Å². The summed E-state index contributed by atoms with van der Waals surface area (Å²) >= 11 is 0. The molecule has 3 aromatic rings. The molecule has 2 nitrogen and oxygen atoms in total. The molecule has 1 unspecified atom stereocenters. The van der Waals surface area contributed by atoms with Gasteiger partial charge in [0.1, 0.15) is 5.82 Å². The minimum atomic E-state index is -0.282. The summed E-state index contributed by atoms with van der Waals surface area (Å²) in [6.07, 6.45) is 1.89. The quantitative estimate of drug-likeness (QED) is 0.739. The molecule has 0 saturated carbocycles. The number of aromatic amines is 1. The van der Waals surface area contributed by atoms with Crippen LogP contribution >= 0.6 is 0 Å². The fraction of sp³-hybridized carbons (Fsp3) is 0.125. The lowest BCUT2D eigenvalue weighted by molar-refractivity contribution is 0.281. The summed E-state index contributed by atoms with van der Waals surface area (Å²) in [4.78, 5) is 3.18. The highest BCUT2D eigenvalue weighted by Crippen LogP contribution is 2.30. The van der Waals surface area contributed by atoms with Crippen LogP contribution in [0.4, 0.5) is 4.39 Å². The van der Waals surface area contributed by atoms with Crippen LogP contribution in [-0.2, 0) is 0 Å². The molecular formula is C16H14FNO. The number of hydrogen-bond donors (Lipinski definition) is 2. The minimum Gasteiger partial charge on any atom is -0.395 e. The molecule has 19 heavy (non-hydrogen) atoms. The monoisotopic (exact) mass is 255 g/mol. The second-order valence-electron chi connectivity index (χ2n) is 4.58. The maximum atomic E-state index is 13.3. The second kappa shape index (κ2) is 4.86. The van der Waals surface area contributed by atoms with E-state index in [1.807, 2.05) is 36.5 Å². The van der Waals surface area contributed by atoms with Gasteiger partial charge in [-0.3, -0.25) is 0 Å². The lowest BCUT2D eigenvalue weighted by Crippen LogP contribution is -2.05. The van der Waals surface area contributed by atoms with Gasteiger partial charge in [0.05, 0.1) is 6.61 Å². The normalized spacial score (nSPS) is 12.7. The van der Waals surface area contributed by atoms with Crippen LogP contribution in [0, 0.1) is 5.82 Å². The molecule has 1 aromatic heterocycles. The van der Waals surface area contributed by atoms with Crippen LogP contribution in [0.1, 0.15) is 17.0 Å². The van der Waals surface area contributed by atoms with Crippen LogP contribution in [0.15, 0.2) is 54.7 Å². The molecule has 3 heteroatoms. The molecule has 0 saturated heterocycles. The highest BCUT2D eigenvalue weighted by molar-refractivity contribution is 5.84. The number of benzene rings is 2. The molecule has 0 spiro atoms. The average Bonchev–Trinajstić information content (AvgIpc) is 2.84.